The predicted octanol–water partition coefficient (Wildman–Crippen LogP) is -0.267. The Bertz CT molecular complexity index is 225. The van der Waals surface area contributed by atoms with Crippen molar-refractivity contribution < 1.29 is 14.3 Å². The van der Waals surface area contributed by atoms with E-state index in [4.69, 9.17) is 11.1 Å². The minimum atomic E-state index is -0.777. The smallest absolute Gasteiger partial charge is 0.314 e. The Kier molecular flexibility index (Phi) is 4.91. The fourth-order valence-corrected chi connectivity index (χ4v) is 0.935. The lowest BCUT2D eigenvalue weighted by Gasteiger charge is -2.11. The van der Waals surface area contributed by atoms with Gasteiger partial charge in [-0.1, -0.05) is 6.92 Å². The second-order valence-electron chi connectivity index (χ2n) is 2.52. The highest BCUT2D eigenvalue weighted by Gasteiger charge is 2.26. The summed E-state index contributed by atoms with van der Waals surface area (Å²) < 4.78 is 4.45. The van der Waals surface area contributed by atoms with Gasteiger partial charge >= 0.3 is 5.97 Å². The molecule has 0 fully saturated rings. The molecule has 0 saturated carbocycles. The van der Waals surface area contributed by atoms with Gasteiger partial charge in [0.2, 0.25) is 0 Å². The first-order valence-electron chi connectivity index (χ1n) is 3.98. The van der Waals surface area contributed by atoms with E-state index in [0.717, 1.165) is 0 Å². The van der Waals surface area contributed by atoms with Crippen LogP contribution in [0.15, 0.2) is 0 Å². The largest absolute Gasteiger partial charge is 0.469 e. The van der Waals surface area contributed by atoms with Gasteiger partial charge < -0.3 is 15.9 Å². The van der Waals surface area contributed by atoms with Crippen LogP contribution in [0.4, 0.5) is 0 Å². The predicted molar refractivity (Wildman–Crippen MR) is 47.6 cm³/mol. The summed E-state index contributed by atoms with van der Waals surface area (Å²) in [7, 11) is 1.23. The van der Waals surface area contributed by atoms with Crippen LogP contribution in [-0.4, -0.2) is 31.1 Å². The molecule has 13 heavy (non-hydrogen) atoms. The number of rotatable bonds is 5. The number of carbonyl (C=O) groups is 2. The number of Topliss-reactive ketones (excluding diaryl/α,β-unsaturated/α-hetero) is 1. The molecule has 0 rings (SSSR count). The maximum atomic E-state index is 11.0. The summed E-state index contributed by atoms with van der Waals surface area (Å²) in [6.07, 6.45) is 0.372. The van der Waals surface area contributed by atoms with E-state index in [9.17, 15) is 9.59 Å². The molecule has 0 amide bonds. The van der Waals surface area contributed by atoms with E-state index in [2.05, 4.69) is 4.74 Å². The molecule has 0 heterocycles. The zero-order valence-corrected chi connectivity index (χ0v) is 7.79. The minimum Gasteiger partial charge on any atom is -0.469 e. The van der Waals surface area contributed by atoms with Crippen molar-refractivity contribution in [1.29, 1.82) is 5.41 Å². The molecule has 0 aliphatic carbocycles. The van der Waals surface area contributed by atoms with E-state index < -0.39 is 17.7 Å². The highest BCUT2D eigenvalue weighted by molar-refractivity contribution is 6.42. The van der Waals surface area contributed by atoms with Gasteiger partial charge in [0.25, 0.3) is 0 Å². The van der Waals surface area contributed by atoms with E-state index in [0.29, 0.717) is 6.42 Å². The number of carbonyl (C=O) groups excluding carboxylic acids is 2. The van der Waals surface area contributed by atoms with Gasteiger partial charge in [-0.2, -0.15) is 0 Å². The van der Waals surface area contributed by atoms with Gasteiger partial charge in [0.05, 0.1) is 19.4 Å². The Labute approximate surface area is 76.8 Å². The molecule has 0 aromatic rings. The molecule has 0 radical (unpaired) electrons. The van der Waals surface area contributed by atoms with E-state index in [1.54, 1.807) is 6.92 Å². The van der Waals surface area contributed by atoms with Crippen LogP contribution in [0, 0.1) is 11.3 Å². The molecule has 0 aromatic heterocycles. The quantitative estimate of drug-likeness (QED) is 0.456. The summed E-state index contributed by atoms with van der Waals surface area (Å²) >= 11 is 0. The molecule has 0 aliphatic heterocycles. The first-order valence-corrected chi connectivity index (χ1v) is 3.98. The number of hydrogen-bond acceptors (Lipinski definition) is 5. The SMILES string of the molecule is CC[C@@H](C(=N)C(=O)CN)C(=O)OC. The van der Waals surface area contributed by atoms with Gasteiger partial charge in [-0.3, -0.25) is 9.59 Å². The van der Waals surface area contributed by atoms with Gasteiger partial charge in [-0.05, 0) is 6.42 Å². The summed E-state index contributed by atoms with van der Waals surface area (Å²) in [6.45, 7) is 1.46. The van der Waals surface area contributed by atoms with Crippen molar-refractivity contribution in [3.8, 4) is 0 Å². The van der Waals surface area contributed by atoms with Gasteiger partial charge in [0, 0.05) is 0 Å². The summed E-state index contributed by atoms with van der Waals surface area (Å²) in [4.78, 5) is 22.0. The van der Waals surface area contributed by atoms with Crippen molar-refractivity contribution in [3.05, 3.63) is 0 Å². The van der Waals surface area contributed by atoms with Crippen molar-refractivity contribution in [2.24, 2.45) is 11.7 Å². The number of hydrogen-bond donors (Lipinski definition) is 2. The summed E-state index contributed by atoms with van der Waals surface area (Å²) in [5, 5.41) is 7.36. The van der Waals surface area contributed by atoms with Crippen LogP contribution in [0.2, 0.25) is 0 Å². The first kappa shape index (κ1) is 11.8. The second kappa shape index (κ2) is 5.42. The third-order valence-corrected chi connectivity index (χ3v) is 1.73. The topological polar surface area (TPSA) is 93.2 Å². The molecule has 3 N–H and O–H groups in total. The number of ketones is 1. The number of esters is 1. The Hall–Kier alpha value is -1.23. The molecule has 5 nitrogen and oxygen atoms in total. The Morgan fingerprint density at radius 1 is 1.54 bits per heavy atom. The van der Waals surface area contributed by atoms with Crippen molar-refractivity contribution >= 4 is 17.5 Å². The van der Waals surface area contributed by atoms with E-state index in [-0.39, 0.29) is 12.3 Å². The van der Waals surface area contributed by atoms with Crippen molar-refractivity contribution in [2.75, 3.05) is 13.7 Å². The summed E-state index contributed by atoms with van der Waals surface area (Å²) in [5.74, 6) is -1.85. The number of ether oxygens (including phenoxy) is 1. The number of methoxy groups -OCH3 is 1. The lowest BCUT2D eigenvalue weighted by molar-refractivity contribution is -0.143. The fourth-order valence-electron chi connectivity index (χ4n) is 0.935. The normalized spacial score (nSPS) is 11.9. The molecule has 0 saturated heterocycles. The maximum Gasteiger partial charge on any atom is 0.314 e. The van der Waals surface area contributed by atoms with Crippen molar-refractivity contribution in [2.45, 2.75) is 13.3 Å². The van der Waals surface area contributed by atoms with Gasteiger partial charge in [0.1, 0.15) is 5.92 Å². The first-order chi connectivity index (χ1) is 6.08. The second-order valence-corrected chi connectivity index (χ2v) is 2.52. The highest BCUT2D eigenvalue weighted by Crippen LogP contribution is 2.07. The third-order valence-electron chi connectivity index (χ3n) is 1.73. The maximum absolute atomic E-state index is 11.0. The lowest BCUT2D eigenvalue weighted by atomic mass is 9.97. The summed E-state index contributed by atoms with van der Waals surface area (Å²) in [6, 6.07) is 0. The molecule has 0 bridgehead atoms. The Morgan fingerprint density at radius 3 is 2.38 bits per heavy atom. The van der Waals surface area contributed by atoms with Crippen LogP contribution in [-0.2, 0) is 14.3 Å². The molecule has 74 valence electrons. The summed E-state index contributed by atoms with van der Waals surface area (Å²) in [5.41, 5.74) is 4.80. The van der Waals surface area contributed by atoms with Crippen LogP contribution >= 0.6 is 0 Å². The fraction of sp³-hybridized carbons (Fsp3) is 0.625. The average molecular weight is 186 g/mol. The molecule has 1 atom stereocenters. The number of nitrogens with one attached hydrogen (secondary N) is 1. The van der Waals surface area contributed by atoms with Crippen LogP contribution in [0.3, 0.4) is 0 Å². The molecule has 0 aliphatic rings. The van der Waals surface area contributed by atoms with E-state index in [1.807, 2.05) is 0 Å². The zero-order chi connectivity index (χ0) is 10.4. The lowest BCUT2D eigenvalue weighted by Crippen LogP contribution is -2.33. The van der Waals surface area contributed by atoms with Gasteiger partial charge in [-0.15, -0.1) is 0 Å². The Balaban J connectivity index is 4.49. The van der Waals surface area contributed by atoms with E-state index >= 15 is 0 Å². The third kappa shape index (κ3) is 2.95. The average Bonchev–Trinajstić information content (AvgIpc) is 2.17. The standard InChI is InChI=1S/C8H14N2O3/c1-3-5(8(12)13-2)7(10)6(11)4-9/h5,10H,3-4,9H2,1-2H3/t5-/m0/s1. The van der Waals surface area contributed by atoms with Crippen LogP contribution in [0.5, 0.6) is 0 Å². The minimum absolute atomic E-state index is 0.244. The monoisotopic (exact) mass is 186 g/mol. The molecule has 0 aromatic carbocycles. The zero-order valence-electron chi connectivity index (χ0n) is 7.79. The molecule has 0 spiro atoms. The molecular formula is C8H14N2O3. The van der Waals surface area contributed by atoms with E-state index in [1.165, 1.54) is 7.11 Å². The highest BCUT2D eigenvalue weighted by atomic mass is 16.5. The molecular weight excluding hydrogens is 172 g/mol. The van der Waals surface area contributed by atoms with Gasteiger partial charge in [-0.25, -0.2) is 0 Å². The van der Waals surface area contributed by atoms with Gasteiger partial charge in [0.15, 0.2) is 5.78 Å². The number of nitrogens with two attached hydrogens (primary N) is 1. The van der Waals surface area contributed by atoms with Crippen molar-refractivity contribution in [3.63, 3.8) is 0 Å². The molecule has 5 heteroatoms. The van der Waals surface area contributed by atoms with Crippen LogP contribution < -0.4 is 5.73 Å². The van der Waals surface area contributed by atoms with Crippen LogP contribution in [0.1, 0.15) is 13.3 Å². The van der Waals surface area contributed by atoms with Crippen molar-refractivity contribution in [1.82, 2.24) is 0 Å². The Morgan fingerprint density at radius 2 is 2.08 bits per heavy atom. The molecule has 0 unspecified atom stereocenters. The van der Waals surface area contributed by atoms with Crippen LogP contribution in [0.25, 0.3) is 0 Å².